The quantitative estimate of drug-likeness (QED) is 0.658. The molecular formula is C20H20N4O2S. The second-order valence-electron chi connectivity index (χ2n) is 6.36. The second-order valence-corrected chi connectivity index (χ2v) is 7.43. The van der Waals surface area contributed by atoms with Crippen molar-refractivity contribution < 1.29 is 9.53 Å². The van der Waals surface area contributed by atoms with Crippen LogP contribution < -0.4 is 4.74 Å². The molecule has 1 atom stereocenters. The first kappa shape index (κ1) is 17.6. The van der Waals surface area contributed by atoms with Crippen LogP contribution in [0.4, 0.5) is 0 Å². The van der Waals surface area contributed by atoms with Gasteiger partial charge in [-0.3, -0.25) is 4.79 Å². The summed E-state index contributed by atoms with van der Waals surface area (Å²) in [4.78, 5) is 14.2. The Labute approximate surface area is 162 Å². The van der Waals surface area contributed by atoms with E-state index in [9.17, 15) is 4.79 Å². The zero-order chi connectivity index (χ0) is 18.6. The molecular weight excluding hydrogens is 360 g/mol. The largest absolute Gasteiger partial charge is 0.497 e. The van der Waals surface area contributed by atoms with Crippen molar-refractivity contribution >= 4 is 17.7 Å². The summed E-state index contributed by atoms with van der Waals surface area (Å²) < 4.78 is 6.99. The SMILES string of the molecule is COc1ccc(Cn2cc([C@H]3SCC(=O)N3Cc3ccccc3)nn2)cc1. The number of thioether (sulfide) groups is 1. The average Bonchev–Trinajstić information content (AvgIpc) is 3.30. The molecule has 138 valence electrons. The number of methoxy groups -OCH3 is 1. The number of aromatic nitrogens is 3. The Morgan fingerprint density at radius 1 is 1.07 bits per heavy atom. The van der Waals surface area contributed by atoms with E-state index in [1.807, 2.05) is 65.7 Å². The number of rotatable bonds is 6. The topological polar surface area (TPSA) is 60.2 Å². The summed E-state index contributed by atoms with van der Waals surface area (Å²) in [6.45, 7) is 1.21. The molecule has 4 rings (SSSR count). The highest BCUT2D eigenvalue weighted by atomic mass is 32.2. The molecule has 1 aliphatic rings. The maximum atomic E-state index is 12.4. The third-order valence-electron chi connectivity index (χ3n) is 4.48. The van der Waals surface area contributed by atoms with E-state index in [1.54, 1.807) is 23.6 Å². The summed E-state index contributed by atoms with van der Waals surface area (Å²) in [5.41, 5.74) is 3.04. The maximum Gasteiger partial charge on any atom is 0.234 e. The fourth-order valence-corrected chi connectivity index (χ4v) is 4.19. The van der Waals surface area contributed by atoms with E-state index < -0.39 is 0 Å². The van der Waals surface area contributed by atoms with Crippen LogP contribution in [-0.2, 0) is 17.9 Å². The number of carbonyl (C=O) groups is 1. The minimum Gasteiger partial charge on any atom is -0.497 e. The first-order valence-electron chi connectivity index (χ1n) is 8.71. The Kier molecular flexibility index (Phi) is 5.11. The second kappa shape index (κ2) is 7.84. The lowest BCUT2D eigenvalue weighted by molar-refractivity contribution is -0.128. The molecule has 3 aromatic rings. The summed E-state index contributed by atoms with van der Waals surface area (Å²) in [7, 11) is 1.65. The molecule has 27 heavy (non-hydrogen) atoms. The molecule has 0 bridgehead atoms. The van der Waals surface area contributed by atoms with Crippen molar-refractivity contribution in [1.82, 2.24) is 19.9 Å². The summed E-state index contributed by atoms with van der Waals surface area (Å²) >= 11 is 1.60. The highest BCUT2D eigenvalue weighted by molar-refractivity contribution is 8.00. The molecule has 2 heterocycles. The molecule has 2 aromatic carbocycles. The molecule has 0 unspecified atom stereocenters. The Morgan fingerprint density at radius 3 is 2.56 bits per heavy atom. The molecule has 1 amide bonds. The van der Waals surface area contributed by atoms with E-state index in [4.69, 9.17) is 4.74 Å². The monoisotopic (exact) mass is 380 g/mol. The summed E-state index contributed by atoms with van der Waals surface area (Å²) in [5, 5.41) is 8.48. The van der Waals surface area contributed by atoms with Gasteiger partial charge in [-0.05, 0) is 23.3 Å². The molecule has 0 aliphatic carbocycles. The predicted molar refractivity (Wildman–Crippen MR) is 104 cm³/mol. The fourth-order valence-electron chi connectivity index (χ4n) is 3.07. The van der Waals surface area contributed by atoms with E-state index in [0.29, 0.717) is 18.8 Å². The molecule has 0 saturated carbocycles. The molecule has 6 nitrogen and oxygen atoms in total. The van der Waals surface area contributed by atoms with Gasteiger partial charge in [0, 0.05) is 6.54 Å². The number of benzene rings is 2. The van der Waals surface area contributed by atoms with Gasteiger partial charge < -0.3 is 9.64 Å². The summed E-state index contributed by atoms with van der Waals surface area (Å²) in [5.74, 6) is 1.44. The van der Waals surface area contributed by atoms with E-state index in [-0.39, 0.29) is 11.3 Å². The van der Waals surface area contributed by atoms with Gasteiger partial charge in [0.2, 0.25) is 5.91 Å². The molecule has 0 N–H and O–H groups in total. The maximum absolute atomic E-state index is 12.4. The normalized spacial score (nSPS) is 16.7. The highest BCUT2D eigenvalue weighted by Crippen LogP contribution is 2.38. The lowest BCUT2D eigenvalue weighted by Gasteiger charge is -2.22. The molecule has 0 spiro atoms. The van der Waals surface area contributed by atoms with Gasteiger partial charge in [-0.1, -0.05) is 47.7 Å². The van der Waals surface area contributed by atoms with Crippen molar-refractivity contribution in [2.75, 3.05) is 12.9 Å². The molecule has 1 aromatic heterocycles. The van der Waals surface area contributed by atoms with E-state index in [1.165, 1.54) is 0 Å². The molecule has 1 fully saturated rings. The van der Waals surface area contributed by atoms with Crippen molar-refractivity contribution in [2.45, 2.75) is 18.5 Å². The highest BCUT2D eigenvalue weighted by Gasteiger charge is 2.34. The lowest BCUT2D eigenvalue weighted by atomic mass is 10.2. The van der Waals surface area contributed by atoms with Crippen LogP contribution in [0.5, 0.6) is 5.75 Å². The van der Waals surface area contributed by atoms with Gasteiger partial charge >= 0.3 is 0 Å². The van der Waals surface area contributed by atoms with Crippen LogP contribution in [0, 0.1) is 0 Å². The number of hydrogen-bond donors (Lipinski definition) is 0. The number of hydrogen-bond acceptors (Lipinski definition) is 5. The van der Waals surface area contributed by atoms with Crippen molar-refractivity contribution in [1.29, 1.82) is 0 Å². The van der Waals surface area contributed by atoms with Crippen LogP contribution in [0.15, 0.2) is 60.8 Å². The Hall–Kier alpha value is -2.80. The standard InChI is InChI=1S/C20H20N4O2S/c1-26-17-9-7-16(8-10-17)11-23-13-18(21-22-23)20-24(19(25)14-27-20)12-15-5-3-2-4-6-15/h2-10,13,20H,11-12,14H2,1H3/t20-/m1/s1. The Morgan fingerprint density at radius 2 is 1.81 bits per heavy atom. The lowest BCUT2D eigenvalue weighted by Crippen LogP contribution is -2.27. The van der Waals surface area contributed by atoms with Gasteiger partial charge in [0.05, 0.1) is 25.6 Å². The first-order valence-corrected chi connectivity index (χ1v) is 9.76. The summed E-state index contributed by atoms with van der Waals surface area (Å²) in [6, 6.07) is 17.9. The van der Waals surface area contributed by atoms with Gasteiger partial charge in [-0.2, -0.15) is 0 Å². The number of carbonyl (C=O) groups excluding carboxylic acids is 1. The van der Waals surface area contributed by atoms with E-state index in [2.05, 4.69) is 10.3 Å². The van der Waals surface area contributed by atoms with Gasteiger partial charge in [-0.25, -0.2) is 4.68 Å². The molecule has 0 radical (unpaired) electrons. The minimum absolute atomic E-state index is 0.0951. The summed E-state index contributed by atoms with van der Waals surface area (Å²) in [6.07, 6.45) is 1.93. The van der Waals surface area contributed by atoms with Gasteiger partial charge in [0.25, 0.3) is 0 Å². The Bertz CT molecular complexity index is 911. The molecule has 7 heteroatoms. The van der Waals surface area contributed by atoms with E-state index in [0.717, 1.165) is 22.6 Å². The van der Waals surface area contributed by atoms with Gasteiger partial charge in [-0.15, -0.1) is 16.9 Å². The van der Waals surface area contributed by atoms with Crippen LogP contribution in [-0.4, -0.2) is 38.7 Å². The number of nitrogens with zero attached hydrogens (tertiary/aromatic N) is 4. The van der Waals surface area contributed by atoms with Crippen LogP contribution in [0.2, 0.25) is 0 Å². The fraction of sp³-hybridized carbons (Fsp3) is 0.250. The van der Waals surface area contributed by atoms with Crippen molar-refractivity contribution in [3.8, 4) is 5.75 Å². The molecule has 1 saturated heterocycles. The van der Waals surface area contributed by atoms with Crippen LogP contribution >= 0.6 is 11.8 Å². The third-order valence-corrected chi connectivity index (χ3v) is 5.70. The van der Waals surface area contributed by atoms with Crippen LogP contribution in [0.1, 0.15) is 22.2 Å². The van der Waals surface area contributed by atoms with Crippen molar-refractivity contribution in [2.24, 2.45) is 0 Å². The zero-order valence-electron chi connectivity index (χ0n) is 15.0. The number of ether oxygens (including phenoxy) is 1. The predicted octanol–water partition coefficient (Wildman–Crippen LogP) is 3.11. The number of amides is 1. The minimum atomic E-state index is -0.0951. The smallest absolute Gasteiger partial charge is 0.234 e. The van der Waals surface area contributed by atoms with Gasteiger partial charge in [0.15, 0.2) is 0 Å². The van der Waals surface area contributed by atoms with Crippen molar-refractivity contribution in [3.05, 3.63) is 77.6 Å². The van der Waals surface area contributed by atoms with Crippen molar-refractivity contribution in [3.63, 3.8) is 0 Å². The van der Waals surface area contributed by atoms with Crippen LogP contribution in [0.3, 0.4) is 0 Å². The van der Waals surface area contributed by atoms with E-state index >= 15 is 0 Å². The zero-order valence-corrected chi connectivity index (χ0v) is 15.8. The first-order chi connectivity index (χ1) is 13.2. The molecule has 1 aliphatic heterocycles. The third kappa shape index (κ3) is 3.98. The average molecular weight is 380 g/mol. The van der Waals surface area contributed by atoms with Gasteiger partial charge in [0.1, 0.15) is 16.8 Å². The van der Waals surface area contributed by atoms with Crippen LogP contribution in [0.25, 0.3) is 0 Å². The Balaban J connectivity index is 1.48.